The molecule has 0 heterocycles. The highest BCUT2D eigenvalue weighted by molar-refractivity contribution is 7.89. The summed E-state index contributed by atoms with van der Waals surface area (Å²) in [7, 11) is -9.17. The van der Waals surface area contributed by atoms with Gasteiger partial charge in [-0.3, -0.25) is 14.4 Å². The van der Waals surface area contributed by atoms with E-state index in [0.717, 1.165) is 0 Å². The first-order chi connectivity index (χ1) is 21.5. The van der Waals surface area contributed by atoms with E-state index in [0.29, 0.717) is 5.56 Å². The Morgan fingerprint density at radius 2 is 1.53 bits per heavy atom. The zero-order valence-corrected chi connectivity index (χ0v) is 29.2. The van der Waals surface area contributed by atoms with Crippen molar-refractivity contribution in [2.75, 3.05) is 5.32 Å². The molecule has 3 atom stereocenters. The minimum atomic E-state index is -5.01. The van der Waals surface area contributed by atoms with Gasteiger partial charge >= 0.3 is 25.8 Å². The number of amides is 2. The Labute approximate surface area is 274 Å². The third-order valence-corrected chi connectivity index (χ3v) is 9.07. The van der Waals surface area contributed by atoms with Gasteiger partial charge in [0, 0.05) is 5.69 Å². The van der Waals surface area contributed by atoms with Crippen molar-refractivity contribution in [2.45, 2.75) is 84.2 Å². The van der Waals surface area contributed by atoms with Crippen molar-refractivity contribution >= 4 is 47.4 Å². The fourth-order valence-corrected chi connectivity index (χ4v) is 7.61. The molecule has 47 heavy (non-hydrogen) atoms. The highest BCUT2D eigenvalue weighted by atomic mass is 32.2. The standard InChI is InChI=1S/C30H43N4O11PS/c1-19(2)24(34-47(41,42)18-20-13-10-9-11-14-20)46(39,40)45-23(25(35)36)21-15-12-16-22(17-21)31-26(32-27(37)43-29(3,4)5)33-28(38)44-30(6,7)8/h9-17,19,23-24,34H,18H2,1-8H3,(H,35,36)(H,39,40)(H2,31,32,33,37,38)/t23?,24-/m1/s1. The Bertz CT molecular complexity index is 1600. The molecule has 0 bridgehead atoms. The quantitative estimate of drug-likeness (QED) is 0.114. The van der Waals surface area contributed by atoms with Gasteiger partial charge in [-0.15, -0.1) is 4.99 Å². The van der Waals surface area contributed by atoms with Gasteiger partial charge in [0.1, 0.15) is 17.0 Å². The monoisotopic (exact) mass is 698 g/mol. The minimum absolute atomic E-state index is 0.0764. The molecule has 0 spiro atoms. The number of hydrogen-bond donors (Lipinski definition) is 5. The number of aliphatic carboxylic acids is 1. The average Bonchev–Trinajstić information content (AvgIpc) is 2.88. The SMILES string of the molecule is CC(C)[C@H](NS(=O)(=O)Cc1ccccc1)P(=O)(O)OC(C(=O)O)c1cccc(NC(=NC(=O)OC(C)(C)C)NC(=O)OC(C)(C)C)c1. The van der Waals surface area contributed by atoms with E-state index in [1.807, 2.05) is 0 Å². The number of carboxylic acid groups (broad SMARTS) is 1. The maximum atomic E-state index is 13.5. The summed E-state index contributed by atoms with van der Waals surface area (Å²) in [6, 6.07) is 13.5. The molecule has 0 fully saturated rings. The highest BCUT2D eigenvalue weighted by Gasteiger charge is 2.42. The fraction of sp³-hybridized carbons (Fsp3) is 0.467. The first-order valence-electron chi connectivity index (χ1n) is 14.4. The number of carbonyl (C=O) groups excluding carboxylic acids is 2. The van der Waals surface area contributed by atoms with Gasteiger partial charge in [0.25, 0.3) is 0 Å². The summed E-state index contributed by atoms with van der Waals surface area (Å²) in [6.45, 7) is 12.7. The van der Waals surface area contributed by atoms with Crippen molar-refractivity contribution in [3.8, 4) is 0 Å². The number of carbonyl (C=O) groups is 3. The number of anilines is 1. The molecule has 2 aromatic carbocycles. The first-order valence-corrected chi connectivity index (χ1v) is 17.7. The number of nitrogens with one attached hydrogen (secondary N) is 3. The Hall–Kier alpha value is -3.82. The smallest absolute Gasteiger partial charge is 0.437 e. The van der Waals surface area contributed by atoms with Crippen molar-refractivity contribution in [3.63, 3.8) is 0 Å². The van der Waals surface area contributed by atoms with E-state index in [2.05, 4.69) is 20.3 Å². The summed E-state index contributed by atoms with van der Waals surface area (Å²) in [5.41, 5.74) is -1.44. The molecule has 0 aliphatic heterocycles. The van der Waals surface area contributed by atoms with Crippen LogP contribution >= 0.6 is 7.60 Å². The number of rotatable bonds is 11. The summed E-state index contributed by atoms with van der Waals surface area (Å²) in [5, 5.41) is 15.0. The van der Waals surface area contributed by atoms with Gasteiger partial charge in [-0.05, 0) is 70.7 Å². The summed E-state index contributed by atoms with van der Waals surface area (Å²) in [5.74, 6) is -5.05. The predicted molar refractivity (Wildman–Crippen MR) is 175 cm³/mol. The summed E-state index contributed by atoms with van der Waals surface area (Å²) < 4.78 is 57.2. The number of hydrogen-bond acceptors (Lipinski definition) is 9. The van der Waals surface area contributed by atoms with Crippen LogP contribution in [0.25, 0.3) is 0 Å². The van der Waals surface area contributed by atoms with Crippen molar-refractivity contribution < 1.29 is 51.4 Å². The van der Waals surface area contributed by atoms with E-state index in [1.165, 1.54) is 38.1 Å². The van der Waals surface area contributed by atoms with Crippen molar-refractivity contribution in [1.29, 1.82) is 0 Å². The van der Waals surface area contributed by atoms with E-state index in [4.69, 9.17) is 14.0 Å². The summed E-state index contributed by atoms with van der Waals surface area (Å²) in [6.07, 6.45) is -4.07. The van der Waals surface area contributed by atoms with Crippen LogP contribution in [0.2, 0.25) is 0 Å². The van der Waals surface area contributed by atoms with Gasteiger partial charge in [0.15, 0.2) is 6.10 Å². The Morgan fingerprint density at radius 1 is 0.936 bits per heavy atom. The van der Waals surface area contributed by atoms with Crippen LogP contribution in [-0.2, 0) is 39.1 Å². The molecule has 0 aliphatic rings. The lowest BCUT2D eigenvalue weighted by Crippen LogP contribution is -2.40. The van der Waals surface area contributed by atoms with Crippen molar-refractivity contribution in [3.05, 3.63) is 65.7 Å². The zero-order chi connectivity index (χ0) is 35.8. The Morgan fingerprint density at radius 3 is 2.06 bits per heavy atom. The third-order valence-electron chi connectivity index (χ3n) is 5.63. The number of ether oxygens (including phenoxy) is 2. The maximum Gasteiger partial charge on any atom is 0.437 e. The van der Waals surface area contributed by atoms with Crippen LogP contribution in [0.4, 0.5) is 15.3 Å². The van der Waals surface area contributed by atoms with Gasteiger partial charge in [-0.2, -0.15) is 4.72 Å². The molecule has 0 radical (unpaired) electrons. The number of sulfonamides is 1. The predicted octanol–water partition coefficient (Wildman–Crippen LogP) is 5.34. The van der Waals surface area contributed by atoms with Crippen molar-refractivity contribution in [1.82, 2.24) is 10.0 Å². The van der Waals surface area contributed by atoms with Gasteiger partial charge < -0.3 is 24.8 Å². The molecule has 0 saturated carbocycles. The number of alkyl carbamates (subject to hydrolysis) is 1. The Balaban J connectivity index is 2.38. The van der Waals surface area contributed by atoms with Crippen LogP contribution in [0.3, 0.4) is 0 Å². The molecule has 260 valence electrons. The minimum Gasteiger partial charge on any atom is -0.479 e. The zero-order valence-electron chi connectivity index (χ0n) is 27.5. The maximum absolute atomic E-state index is 13.5. The molecule has 17 heteroatoms. The van der Waals surface area contributed by atoms with E-state index in [1.54, 1.807) is 71.9 Å². The van der Waals surface area contributed by atoms with Crippen LogP contribution in [0.5, 0.6) is 0 Å². The Kier molecular flexibility index (Phi) is 13.3. The summed E-state index contributed by atoms with van der Waals surface area (Å²) in [4.78, 5) is 51.9. The second kappa shape index (κ2) is 15.8. The first kappa shape index (κ1) is 39.4. The number of nitrogens with zero attached hydrogens (tertiary/aromatic N) is 1. The third kappa shape index (κ3) is 14.2. The second-order valence-corrected chi connectivity index (χ2v) is 16.4. The molecule has 5 N–H and O–H groups in total. The molecule has 2 unspecified atom stereocenters. The second-order valence-electron chi connectivity index (χ2n) is 12.8. The fourth-order valence-electron chi connectivity index (χ4n) is 3.84. The van der Waals surface area contributed by atoms with Crippen LogP contribution in [0, 0.1) is 5.92 Å². The lowest BCUT2D eigenvalue weighted by Gasteiger charge is -2.28. The molecule has 2 amide bonds. The topological polar surface area (TPSA) is 219 Å². The molecule has 0 saturated heterocycles. The van der Waals surface area contributed by atoms with Crippen LogP contribution in [0.1, 0.15) is 72.6 Å². The average molecular weight is 699 g/mol. The van der Waals surface area contributed by atoms with Crippen LogP contribution < -0.4 is 15.4 Å². The molecule has 0 aromatic heterocycles. The van der Waals surface area contributed by atoms with E-state index < -0.39 is 76.5 Å². The van der Waals surface area contributed by atoms with Crippen LogP contribution in [-0.4, -0.2) is 59.5 Å². The normalized spacial score (nSPS) is 15.2. The van der Waals surface area contributed by atoms with Gasteiger partial charge in [0.2, 0.25) is 16.0 Å². The summed E-state index contributed by atoms with van der Waals surface area (Å²) >= 11 is 0. The van der Waals surface area contributed by atoms with Gasteiger partial charge in [0.05, 0.1) is 5.75 Å². The molecule has 2 aromatic rings. The lowest BCUT2D eigenvalue weighted by atomic mass is 10.1. The van der Waals surface area contributed by atoms with Gasteiger partial charge in [-0.1, -0.05) is 56.3 Å². The molecule has 0 aliphatic carbocycles. The van der Waals surface area contributed by atoms with Crippen LogP contribution in [0.15, 0.2) is 59.6 Å². The number of carboxylic acids is 1. The molecular formula is C30H43N4O11PS. The lowest BCUT2D eigenvalue weighted by molar-refractivity contribution is -0.145. The van der Waals surface area contributed by atoms with Crippen molar-refractivity contribution in [2.24, 2.45) is 10.9 Å². The van der Waals surface area contributed by atoms with E-state index in [9.17, 15) is 37.4 Å². The largest absolute Gasteiger partial charge is 0.479 e. The molecule has 15 nitrogen and oxygen atoms in total. The molecule has 2 rings (SSSR count). The van der Waals surface area contributed by atoms with E-state index >= 15 is 0 Å². The van der Waals surface area contributed by atoms with Gasteiger partial charge in [-0.25, -0.2) is 22.8 Å². The van der Waals surface area contributed by atoms with E-state index in [-0.39, 0.29) is 11.3 Å². The number of benzene rings is 2. The molecular weight excluding hydrogens is 655 g/mol. The highest BCUT2D eigenvalue weighted by Crippen LogP contribution is 2.53. The number of guanidine groups is 1. The number of aliphatic imine (C=N–C) groups is 1.